The summed E-state index contributed by atoms with van der Waals surface area (Å²) in [6.45, 7) is 6.59. The third-order valence-corrected chi connectivity index (χ3v) is 9.76. The molecule has 0 spiro atoms. The second-order valence-corrected chi connectivity index (χ2v) is 13.0. The third-order valence-electron chi connectivity index (χ3n) is 9.76. The number of benzene rings is 4. The number of hydrogen-bond acceptors (Lipinski definition) is 1. The minimum atomic E-state index is -1.22. The summed E-state index contributed by atoms with van der Waals surface area (Å²) in [5, 5.41) is 0. The van der Waals surface area contributed by atoms with Gasteiger partial charge in [0.15, 0.2) is 0 Å². The molecule has 1 heterocycles. The zero-order chi connectivity index (χ0) is 32.4. The second kappa shape index (κ2) is 19.0. The minimum absolute atomic E-state index is 0. The average Bonchev–Trinajstić information content (AvgIpc) is 3.96. The summed E-state index contributed by atoms with van der Waals surface area (Å²) >= 11 is 0. The van der Waals surface area contributed by atoms with Crippen molar-refractivity contribution in [1.29, 1.82) is 0 Å². The van der Waals surface area contributed by atoms with E-state index < -0.39 is 6.15 Å². The van der Waals surface area contributed by atoms with E-state index in [0.29, 0.717) is 0 Å². The molecule has 1 aliphatic heterocycles. The van der Waals surface area contributed by atoms with Crippen LogP contribution in [0.4, 0.5) is 0 Å². The standard InChI is InChI=1S/C24H20B.C17H16.C4H8O.CH3.Zr/c1-5-13-21(14-6-1)25(22-15-7-2-8-16-22,23-17-9-3-10-18-23)24-19-11-4-12-20-24;1-17(2,14-8-4-5-9-14)16-12-11-13-7-3-6-10-15(13)16;1-2-4-5-3-1;;/h1-20H;3-12H,1-2H3;1-4H2;1H3;/q-1;;;-1;+4. The van der Waals surface area contributed by atoms with Crippen LogP contribution in [-0.2, 0) is 30.9 Å². The zero-order valence-corrected chi connectivity index (χ0v) is 31.6. The van der Waals surface area contributed by atoms with Crippen molar-refractivity contribution in [2.24, 2.45) is 5.41 Å². The Morgan fingerprint density at radius 3 is 1.33 bits per heavy atom. The van der Waals surface area contributed by atoms with Crippen molar-refractivity contribution in [3.8, 4) is 0 Å². The normalized spacial score (nSPS) is 17.9. The molecule has 49 heavy (non-hydrogen) atoms. The number of allylic oxidation sites excluding steroid dienone is 4. The molecule has 0 aromatic heterocycles. The first kappa shape index (κ1) is 39.1. The molecule has 1 nitrogen and oxygen atoms in total. The van der Waals surface area contributed by atoms with Crippen LogP contribution < -0.4 is 21.9 Å². The maximum atomic E-state index is 4.94. The van der Waals surface area contributed by atoms with Crippen molar-refractivity contribution in [3.05, 3.63) is 215 Å². The van der Waals surface area contributed by atoms with Crippen LogP contribution in [0.1, 0.15) is 26.7 Å². The Balaban J connectivity index is 0.000000195. The van der Waals surface area contributed by atoms with Crippen LogP contribution >= 0.6 is 0 Å². The summed E-state index contributed by atoms with van der Waals surface area (Å²) in [6, 6.07) is 43.5. The monoisotopic (exact) mass is 716 g/mol. The van der Waals surface area contributed by atoms with Crippen LogP contribution in [0.3, 0.4) is 0 Å². The van der Waals surface area contributed by atoms with Gasteiger partial charge in [-0.25, -0.2) is 0 Å². The second-order valence-electron chi connectivity index (χ2n) is 13.0. The summed E-state index contributed by atoms with van der Waals surface area (Å²) in [7, 11) is 0. The van der Waals surface area contributed by atoms with Crippen molar-refractivity contribution in [2.75, 3.05) is 13.2 Å². The van der Waals surface area contributed by atoms with Gasteiger partial charge in [0.05, 0.1) is 0 Å². The van der Waals surface area contributed by atoms with E-state index in [1.165, 1.54) is 58.4 Å². The summed E-state index contributed by atoms with van der Waals surface area (Å²) in [5.41, 5.74) is 5.43. The zero-order valence-electron chi connectivity index (χ0n) is 29.1. The van der Waals surface area contributed by atoms with E-state index in [1.54, 1.807) is 0 Å². The fraction of sp³-hybridized carbons (Fsp3) is 0.152. The summed E-state index contributed by atoms with van der Waals surface area (Å²) in [4.78, 5) is 0. The Morgan fingerprint density at radius 1 is 0.531 bits per heavy atom. The fourth-order valence-electron chi connectivity index (χ4n) is 7.27. The smallest absolute Gasteiger partial charge is 0.381 e. The Bertz CT molecular complexity index is 1370. The molecule has 4 aromatic carbocycles. The van der Waals surface area contributed by atoms with Gasteiger partial charge in [0.2, 0.25) is 0 Å². The topological polar surface area (TPSA) is 9.23 Å². The van der Waals surface area contributed by atoms with Gasteiger partial charge < -0.3 is 12.2 Å². The first-order valence-corrected chi connectivity index (χ1v) is 16.9. The fourth-order valence-corrected chi connectivity index (χ4v) is 7.27. The van der Waals surface area contributed by atoms with Gasteiger partial charge in [0.1, 0.15) is 6.15 Å². The predicted octanol–water partition coefficient (Wildman–Crippen LogP) is 8.00. The van der Waals surface area contributed by atoms with E-state index in [2.05, 4.69) is 198 Å². The molecule has 8 rings (SSSR count). The Kier molecular flexibility index (Phi) is 15.2. The van der Waals surface area contributed by atoms with E-state index in [9.17, 15) is 0 Å². The van der Waals surface area contributed by atoms with E-state index in [1.807, 2.05) is 0 Å². The van der Waals surface area contributed by atoms with E-state index in [4.69, 9.17) is 4.74 Å². The largest absolute Gasteiger partial charge is 4.00 e. The van der Waals surface area contributed by atoms with Gasteiger partial charge in [-0.05, 0) is 68.6 Å². The molecular formula is C46H47BOZr+2. The average molecular weight is 718 g/mol. The van der Waals surface area contributed by atoms with Gasteiger partial charge in [-0.3, -0.25) is 0 Å². The molecule has 0 atom stereocenters. The van der Waals surface area contributed by atoms with Crippen molar-refractivity contribution >= 4 is 28.0 Å². The molecule has 4 aliphatic rings. The summed E-state index contributed by atoms with van der Waals surface area (Å²) in [5.74, 6) is 5.51. The predicted molar refractivity (Wildman–Crippen MR) is 207 cm³/mol. The van der Waals surface area contributed by atoms with Gasteiger partial charge in [0.25, 0.3) is 0 Å². The van der Waals surface area contributed by atoms with Crippen LogP contribution in [0.15, 0.2) is 146 Å². The summed E-state index contributed by atoms with van der Waals surface area (Å²) in [6.07, 6.45) is 23.1. The van der Waals surface area contributed by atoms with Gasteiger partial charge in [-0.15, -0.1) is 0 Å². The van der Waals surface area contributed by atoms with Crippen molar-refractivity contribution in [3.63, 3.8) is 0 Å². The van der Waals surface area contributed by atoms with Crippen molar-refractivity contribution in [2.45, 2.75) is 26.7 Å². The van der Waals surface area contributed by atoms with Crippen LogP contribution in [0.5, 0.6) is 0 Å². The van der Waals surface area contributed by atoms with E-state index in [0.717, 1.165) is 13.2 Å². The molecule has 1 saturated heterocycles. The van der Waals surface area contributed by atoms with E-state index >= 15 is 0 Å². The molecule has 2 saturated carbocycles. The number of ether oxygens (including phenoxy) is 1. The van der Waals surface area contributed by atoms with Crippen LogP contribution in [-0.4, -0.2) is 19.4 Å². The molecule has 10 radical (unpaired) electrons. The van der Waals surface area contributed by atoms with Gasteiger partial charge in [0, 0.05) is 25.0 Å². The maximum absolute atomic E-state index is 4.94. The van der Waals surface area contributed by atoms with Gasteiger partial charge >= 0.3 is 26.2 Å². The van der Waals surface area contributed by atoms with Crippen molar-refractivity contribution in [1.82, 2.24) is 0 Å². The van der Waals surface area contributed by atoms with Crippen LogP contribution in [0.25, 0.3) is 0 Å². The Morgan fingerprint density at radius 2 is 0.939 bits per heavy atom. The summed E-state index contributed by atoms with van der Waals surface area (Å²) < 4.78 is 4.94. The quantitative estimate of drug-likeness (QED) is 0.145. The number of rotatable bonds is 6. The molecular weight excluding hydrogens is 671 g/mol. The maximum Gasteiger partial charge on any atom is 4.00 e. The van der Waals surface area contributed by atoms with E-state index in [-0.39, 0.29) is 39.0 Å². The molecule has 3 heteroatoms. The molecule has 242 valence electrons. The van der Waals surface area contributed by atoms with Gasteiger partial charge in [-0.2, -0.15) is 21.9 Å². The molecule has 0 amide bonds. The van der Waals surface area contributed by atoms with Crippen LogP contribution in [0.2, 0.25) is 0 Å². The molecule has 0 bridgehead atoms. The molecule has 3 fully saturated rings. The third kappa shape index (κ3) is 8.96. The molecule has 0 N–H and O–H groups in total. The molecule has 4 aromatic rings. The Hall–Kier alpha value is -2.73. The van der Waals surface area contributed by atoms with Gasteiger partial charge in [-0.1, -0.05) is 159 Å². The first-order valence-electron chi connectivity index (χ1n) is 16.9. The van der Waals surface area contributed by atoms with Crippen molar-refractivity contribution < 1.29 is 30.9 Å². The molecule has 0 unspecified atom stereocenters. The number of hydrogen-bond donors (Lipinski definition) is 0. The molecule has 3 aliphatic carbocycles. The first-order chi connectivity index (χ1) is 23.1. The minimum Gasteiger partial charge on any atom is -0.381 e. The number of fused-ring (bicyclic) bond motifs is 1. The van der Waals surface area contributed by atoms with Crippen LogP contribution in [0, 0.1) is 75.0 Å². The Labute approximate surface area is 317 Å². The SMILES string of the molecule is C1CCOC1.CC(C)([C]1[CH][CH][CH][CH]1)[C]1[CH][CH][C]2C=CC=C[C]21.[CH3-].[Zr+4].c1ccc([B-](c2ccccc2)(c2ccccc2)c2ccccc2)cc1.